The number of aromatic nitrogens is 1. The number of urea groups is 1. The van der Waals surface area contributed by atoms with Crippen LogP contribution < -0.4 is 10.9 Å². The van der Waals surface area contributed by atoms with Gasteiger partial charge in [0.1, 0.15) is 5.69 Å². The first-order valence-corrected chi connectivity index (χ1v) is 9.93. The predicted molar refractivity (Wildman–Crippen MR) is 109 cm³/mol. The Morgan fingerprint density at radius 2 is 2.00 bits per heavy atom. The molecule has 2 aliphatic rings. The third-order valence-electron chi connectivity index (χ3n) is 6.32. The highest BCUT2D eigenvalue weighted by molar-refractivity contribution is 5.90. The number of nitrogens with one attached hydrogen (secondary N) is 1. The maximum atomic E-state index is 12.8. The number of carbonyl (C=O) groups excluding carboxylic acids is 1. The van der Waals surface area contributed by atoms with Crippen LogP contribution in [0.25, 0.3) is 0 Å². The van der Waals surface area contributed by atoms with Crippen molar-refractivity contribution in [1.29, 1.82) is 0 Å². The fourth-order valence-corrected chi connectivity index (χ4v) is 4.63. The van der Waals surface area contributed by atoms with Crippen LogP contribution in [0.4, 0.5) is 10.5 Å². The summed E-state index contributed by atoms with van der Waals surface area (Å²) in [6.45, 7) is 3.04. The third-order valence-corrected chi connectivity index (χ3v) is 6.32. The van der Waals surface area contributed by atoms with Crippen LogP contribution in [0.1, 0.15) is 30.4 Å². The van der Waals surface area contributed by atoms with Crippen molar-refractivity contribution in [1.82, 2.24) is 9.47 Å². The molecule has 2 amide bonds. The van der Waals surface area contributed by atoms with Crippen LogP contribution >= 0.6 is 0 Å². The molecule has 2 atom stereocenters. The maximum absolute atomic E-state index is 12.8. The van der Waals surface area contributed by atoms with Gasteiger partial charge >= 0.3 is 12.0 Å². The summed E-state index contributed by atoms with van der Waals surface area (Å²) in [5.41, 5.74) is 1.23. The average Bonchev–Trinajstić information content (AvgIpc) is 3.25. The number of hydrogen-bond acceptors (Lipinski definition) is 3. The van der Waals surface area contributed by atoms with Gasteiger partial charge in [-0.2, -0.15) is 0 Å². The van der Waals surface area contributed by atoms with E-state index in [4.69, 9.17) is 0 Å². The molecule has 7 nitrogen and oxygen atoms in total. The summed E-state index contributed by atoms with van der Waals surface area (Å²) < 4.78 is 1.55. The second-order valence-corrected chi connectivity index (χ2v) is 8.20. The number of pyridine rings is 1. The third kappa shape index (κ3) is 3.52. The monoisotopic (exact) mass is 395 g/mol. The molecule has 1 aromatic carbocycles. The van der Waals surface area contributed by atoms with Gasteiger partial charge in [-0.1, -0.05) is 36.2 Å². The zero-order chi connectivity index (χ0) is 20.6. The molecule has 0 bridgehead atoms. The quantitative estimate of drug-likeness (QED) is 0.833. The highest BCUT2D eigenvalue weighted by Gasteiger charge is 2.55. The first-order valence-electron chi connectivity index (χ1n) is 9.93. The fraction of sp³-hybridized carbons (Fsp3) is 0.409. The summed E-state index contributed by atoms with van der Waals surface area (Å²) in [5, 5.41) is 12.4. The number of anilines is 1. The summed E-state index contributed by atoms with van der Waals surface area (Å²) in [4.78, 5) is 38.9. The number of benzene rings is 1. The van der Waals surface area contributed by atoms with E-state index in [1.807, 2.05) is 31.2 Å². The molecule has 1 saturated carbocycles. The van der Waals surface area contributed by atoms with Crippen molar-refractivity contribution in [2.45, 2.75) is 32.7 Å². The van der Waals surface area contributed by atoms with Gasteiger partial charge in [0.05, 0.1) is 12.0 Å². The van der Waals surface area contributed by atoms with Crippen LogP contribution in [-0.4, -0.2) is 39.7 Å². The molecule has 0 unspecified atom stereocenters. The van der Waals surface area contributed by atoms with Crippen molar-refractivity contribution in [2.24, 2.45) is 11.3 Å². The minimum absolute atomic E-state index is 0.0141. The van der Waals surface area contributed by atoms with E-state index in [2.05, 4.69) is 5.32 Å². The van der Waals surface area contributed by atoms with Gasteiger partial charge in [0.2, 0.25) is 0 Å². The lowest BCUT2D eigenvalue weighted by molar-refractivity contribution is -0.149. The summed E-state index contributed by atoms with van der Waals surface area (Å²) in [5.74, 6) is -0.838. The van der Waals surface area contributed by atoms with Crippen molar-refractivity contribution >= 4 is 17.7 Å². The standard InChI is InChI=1S/C22H25N3O4/c1-15-6-8-16(9-7-15)12-24-11-3-5-18(19(24)26)23-21(29)25-13-17-4-2-10-22(17,14-25)20(27)28/h3,5-9,11,17H,2,4,10,12-14H2,1H3,(H,23,29)(H,27,28)/t17-,22+/m0/s1. The smallest absolute Gasteiger partial charge is 0.322 e. The molecule has 1 aliphatic carbocycles. The first-order chi connectivity index (χ1) is 13.9. The summed E-state index contributed by atoms with van der Waals surface area (Å²) >= 11 is 0. The molecule has 2 aromatic rings. The number of likely N-dealkylation sites (tertiary alicyclic amines) is 1. The number of fused-ring (bicyclic) bond motifs is 1. The van der Waals surface area contributed by atoms with E-state index in [0.717, 1.165) is 24.0 Å². The lowest BCUT2D eigenvalue weighted by Crippen LogP contribution is -2.39. The van der Waals surface area contributed by atoms with E-state index in [9.17, 15) is 19.5 Å². The van der Waals surface area contributed by atoms with Gasteiger partial charge in [-0.25, -0.2) is 4.79 Å². The van der Waals surface area contributed by atoms with E-state index in [1.165, 1.54) is 4.90 Å². The zero-order valence-corrected chi connectivity index (χ0v) is 16.4. The maximum Gasteiger partial charge on any atom is 0.322 e. The molecule has 1 aliphatic heterocycles. The van der Waals surface area contributed by atoms with E-state index in [0.29, 0.717) is 19.5 Å². The molecule has 1 saturated heterocycles. The number of rotatable bonds is 4. The second kappa shape index (κ2) is 7.39. The van der Waals surface area contributed by atoms with Crippen LogP contribution in [0.15, 0.2) is 47.4 Å². The number of amides is 2. The van der Waals surface area contributed by atoms with Gasteiger partial charge in [-0.05, 0) is 43.4 Å². The molecule has 1 aromatic heterocycles. The molecule has 29 heavy (non-hydrogen) atoms. The van der Waals surface area contributed by atoms with Crippen molar-refractivity contribution < 1.29 is 14.7 Å². The van der Waals surface area contributed by atoms with Gasteiger partial charge in [0.15, 0.2) is 0 Å². The summed E-state index contributed by atoms with van der Waals surface area (Å²) in [6.07, 6.45) is 4.00. The van der Waals surface area contributed by atoms with Crippen LogP contribution in [0, 0.1) is 18.3 Å². The van der Waals surface area contributed by atoms with Gasteiger partial charge in [0, 0.05) is 19.3 Å². The summed E-state index contributed by atoms with van der Waals surface area (Å²) in [6, 6.07) is 10.8. The van der Waals surface area contributed by atoms with Crippen molar-refractivity contribution in [3.8, 4) is 0 Å². The lowest BCUT2D eigenvalue weighted by Gasteiger charge is -2.23. The normalized spacial score (nSPS) is 23.1. The molecular formula is C22H25N3O4. The number of carboxylic acids is 1. The Kier molecular flexibility index (Phi) is 4.90. The molecule has 2 N–H and O–H groups in total. The Morgan fingerprint density at radius 1 is 1.24 bits per heavy atom. The van der Waals surface area contributed by atoms with Crippen molar-refractivity contribution in [2.75, 3.05) is 18.4 Å². The Morgan fingerprint density at radius 3 is 2.69 bits per heavy atom. The van der Waals surface area contributed by atoms with E-state index in [1.54, 1.807) is 22.9 Å². The molecule has 0 radical (unpaired) electrons. The molecule has 2 fully saturated rings. The molecule has 2 heterocycles. The minimum Gasteiger partial charge on any atom is -0.481 e. The van der Waals surface area contributed by atoms with Crippen LogP contribution in [0.2, 0.25) is 0 Å². The lowest BCUT2D eigenvalue weighted by atomic mass is 9.81. The van der Waals surface area contributed by atoms with E-state index >= 15 is 0 Å². The van der Waals surface area contributed by atoms with Crippen LogP contribution in [0.5, 0.6) is 0 Å². The second-order valence-electron chi connectivity index (χ2n) is 8.20. The Labute approximate surface area is 169 Å². The van der Waals surface area contributed by atoms with Gasteiger partial charge < -0.3 is 19.9 Å². The van der Waals surface area contributed by atoms with Gasteiger partial charge in [0.25, 0.3) is 5.56 Å². The Balaban J connectivity index is 1.48. The van der Waals surface area contributed by atoms with Crippen molar-refractivity contribution in [3.05, 3.63) is 64.1 Å². The van der Waals surface area contributed by atoms with Crippen LogP contribution in [0.3, 0.4) is 0 Å². The first kappa shape index (κ1) is 19.2. The molecular weight excluding hydrogens is 370 g/mol. The van der Waals surface area contributed by atoms with E-state index < -0.39 is 17.4 Å². The number of hydrogen-bond donors (Lipinski definition) is 2. The number of carbonyl (C=O) groups is 2. The number of nitrogens with zero attached hydrogens (tertiary/aromatic N) is 2. The number of carboxylic acid groups (broad SMARTS) is 1. The zero-order valence-electron chi connectivity index (χ0n) is 16.4. The Bertz CT molecular complexity index is 998. The molecule has 0 spiro atoms. The highest BCUT2D eigenvalue weighted by Crippen LogP contribution is 2.48. The highest BCUT2D eigenvalue weighted by atomic mass is 16.4. The number of aliphatic carboxylic acids is 1. The van der Waals surface area contributed by atoms with E-state index in [-0.39, 0.29) is 23.7 Å². The molecule has 152 valence electrons. The topological polar surface area (TPSA) is 91.6 Å². The Hall–Kier alpha value is -3.09. The largest absolute Gasteiger partial charge is 0.481 e. The van der Waals surface area contributed by atoms with Crippen LogP contribution in [-0.2, 0) is 11.3 Å². The fourth-order valence-electron chi connectivity index (χ4n) is 4.63. The average molecular weight is 395 g/mol. The van der Waals surface area contributed by atoms with Crippen molar-refractivity contribution in [3.63, 3.8) is 0 Å². The SMILES string of the molecule is Cc1ccc(Cn2cccc(NC(=O)N3C[C@@H]4CCC[C@@]4(C(=O)O)C3)c2=O)cc1. The van der Waals surface area contributed by atoms with Gasteiger partial charge in [-0.15, -0.1) is 0 Å². The predicted octanol–water partition coefficient (Wildman–Crippen LogP) is 2.92. The summed E-state index contributed by atoms with van der Waals surface area (Å²) in [7, 11) is 0. The molecule has 4 rings (SSSR count). The molecule has 7 heteroatoms. The minimum atomic E-state index is -0.834. The number of aryl methyl sites for hydroxylation is 1. The van der Waals surface area contributed by atoms with Gasteiger partial charge in [-0.3, -0.25) is 9.59 Å².